The molecule has 0 saturated carbocycles. The van der Waals surface area contributed by atoms with Crippen molar-refractivity contribution in [1.29, 1.82) is 0 Å². The third kappa shape index (κ3) is 16.9. The van der Waals surface area contributed by atoms with Crippen LogP contribution in [0.15, 0.2) is 58.2 Å². The Morgan fingerprint density at radius 1 is 0.822 bits per heavy atom. The van der Waals surface area contributed by atoms with E-state index in [1.165, 1.54) is 55.2 Å². The Kier molecular flexibility index (Phi) is 20.6. The Hall–Kier alpha value is -0.494. The van der Waals surface area contributed by atoms with Crippen LogP contribution in [0.1, 0.15) is 140 Å². The summed E-state index contributed by atoms with van der Waals surface area (Å²) in [6.45, 7) is 26.9. The van der Waals surface area contributed by atoms with Gasteiger partial charge in [-0.15, -0.1) is 13.8 Å². The largest absolute Gasteiger partial charge is 2.00 e. The molecule has 0 radical (unpaired) electrons. The number of epoxide rings is 2. The second kappa shape index (κ2) is 20.8. The molecule has 5 rings (SSSR count). The van der Waals surface area contributed by atoms with E-state index in [1.807, 2.05) is 26.8 Å². The molecule has 0 aromatic rings. The minimum atomic E-state index is -0.497. The molecule has 1 N–H and O–H groups in total. The van der Waals surface area contributed by atoms with Crippen molar-refractivity contribution in [3.05, 3.63) is 65.2 Å². The van der Waals surface area contributed by atoms with Gasteiger partial charge in [0.15, 0.2) is 0 Å². The first-order valence-corrected chi connectivity index (χ1v) is 17.1. The summed E-state index contributed by atoms with van der Waals surface area (Å²) in [5.74, 6) is 2.04. The van der Waals surface area contributed by atoms with Gasteiger partial charge in [-0.2, -0.15) is 0 Å². The Labute approximate surface area is 301 Å². The minimum Gasteiger partial charge on any atom is -1.00 e. The predicted molar refractivity (Wildman–Crippen MR) is 192 cm³/mol. The van der Waals surface area contributed by atoms with Crippen LogP contribution in [-0.4, -0.2) is 58.2 Å². The molecule has 0 bridgehead atoms. The molecule has 2 saturated heterocycles. The van der Waals surface area contributed by atoms with E-state index in [4.69, 9.17) is 9.47 Å². The second-order valence-electron chi connectivity index (χ2n) is 15.2. The standard InChI is InChI=1S/C15H26O.2C10H16O.C5H9.ClH.Mg/c1-12(2)6-5-11-15(4,16)14-9-7-13(3)8-10-14;2*1-8-3-5-9(6-4-8)10(2)7-11-10;1-4-5(2)3;;/h6-7,14,16H,5,8-11H2,1-4H3;2*3,9H,4-7H2,1-2H3;4H,1H2,2-3H3;1H;/q;;;-1;;+2/p-1/t14-,15?;2*9-,10?;;;/m111.../s1. The number of ether oxygens (including phenoxy) is 2. The maximum Gasteiger partial charge on any atom is 2.00 e. The number of aliphatic hydroxyl groups is 1. The molecule has 3 nitrogen and oxygen atoms in total. The molecule has 2 aliphatic heterocycles. The van der Waals surface area contributed by atoms with Crippen molar-refractivity contribution in [2.75, 3.05) is 13.2 Å². The van der Waals surface area contributed by atoms with Crippen molar-refractivity contribution in [1.82, 2.24) is 0 Å². The molecule has 5 heteroatoms. The summed E-state index contributed by atoms with van der Waals surface area (Å²) in [5, 5.41) is 10.5. The number of hydrogen-bond donors (Lipinski definition) is 1. The molecule has 5 aliphatic rings. The monoisotopic (exact) mass is 654 g/mol. The summed E-state index contributed by atoms with van der Waals surface area (Å²) >= 11 is 0. The van der Waals surface area contributed by atoms with Crippen LogP contribution in [0.2, 0.25) is 0 Å². The normalized spacial score (nSPS) is 30.7. The van der Waals surface area contributed by atoms with Gasteiger partial charge in [-0.05, 0) is 144 Å². The third-order valence-corrected chi connectivity index (χ3v) is 10.3. The molecule has 0 amide bonds. The fourth-order valence-corrected chi connectivity index (χ4v) is 6.13. The van der Waals surface area contributed by atoms with Crippen LogP contribution in [0.4, 0.5) is 0 Å². The molecule has 2 heterocycles. The van der Waals surface area contributed by atoms with E-state index in [0.717, 1.165) is 57.2 Å². The summed E-state index contributed by atoms with van der Waals surface area (Å²) < 4.78 is 10.9. The maximum absolute atomic E-state index is 10.5. The first kappa shape index (κ1) is 44.5. The van der Waals surface area contributed by atoms with Crippen molar-refractivity contribution in [3.63, 3.8) is 0 Å². The SMILES string of the molecule is CC(C)=CCCC(C)(O)[C@@H]1CC=C(C)CC1.CC1=CC[C@@H](C2(C)CO2)CC1.CC1=CC[C@@H](C2(C)CO2)CC1.[CH2-]C=C(C)C.[Cl-].[Mg+2]. The van der Waals surface area contributed by atoms with Crippen LogP contribution >= 0.6 is 0 Å². The molecule has 0 aromatic heterocycles. The van der Waals surface area contributed by atoms with Crippen LogP contribution in [0.5, 0.6) is 0 Å². The molecule has 254 valence electrons. The van der Waals surface area contributed by atoms with Gasteiger partial charge in [0.1, 0.15) is 0 Å². The Morgan fingerprint density at radius 3 is 1.47 bits per heavy atom. The minimum absolute atomic E-state index is 0. The summed E-state index contributed by atoms with van der Waals surface area (Å²) in [5.41, 5.74) is 7.24. The molecule has 0 spiro atoms. The van der Waals surface area contributed by atoms with Crippen molar-refractivity contribution in [3.8, 4) is 0 Å². The molecular weight excluding hydrogens is 588 g/mol. The van der Waals surface area contributed by atoms with Crippen LogP contribution in [-0.2, 0) is 9.47 Å². The number of allylic oxidation sites excluding steroid dienone is 10. The Morgan fingerprint density at radius 2 is 1.20 bits per heavy atom. The van der Waals surface area contributed by atoms with Gasteiger partial charge < -0.3 is 27.0 Å². The average molecular weight is 656 g/mol. The van der Waals surface area contributed by atoms with Crippen molar-refractivity contribution in [2.45, 2.75) is 157 Å². The van der Waals surface area contributed by atoms with Gasteiger partial charge in [-0.25, -0.2) is 18.6 Å². The van der Waals surface area contributed by atoms with Crippen molar-refractivity contribution < 1.29 is 27.0 Å². The van der Waals surface area contributed by atoms with E-state index in [-0.39, 0.29) is 46.7 Å². The van der Waals surface area contributed by atoms with Gasteiger partial charge in [0.05, 0.1) is 30.0 Å². The summed E-state index contributed by atoms with van der Waals surface area (Å²) in [6.07, 6.45) is 24.0. The van der Waals surface area contributed by atoms with Gasteiger partial charge in [0.25, 0.3) is 0 Å². The van der Waals surface area contributed by atoms with Gasteiger partial charge in [-0.1, -0.05) is 46.6 Å². The topological polar surface area (TPSA) is 45.3 Å². The number of rotatable bonds is 6. The van der Waals surface area contributed by atoms with E-state index in [0.29, 0.717) is 5.92 Å². The van der Waals surface area contributed by atoms with E-state index < -0.39 is 5.60 Å². The number of halogens is 1. The molecular formula is C40H67ClMgO3. The smallest absolute Gasteiger partial charge is 1.00 e. The molecule has 3 unspecified atom stereocenters. The predicted octanol–water partition coefficient (Wildman–Crippen LogP) is 7.68. The third-order valence-electron chi connectivity index (χ3n) is 10.3. The van der Waals surface area contributed by atoms with Crippen molar-refractivity contribution >= 4 is 23.1 Å². The first-order valence-electron chi connectivity index (χ1n) is 17.1. The molecule has 6 atom stereocenters. The summed E-state index contributed by atoms with van der Waals surface area (Å²) in [4.78, 5) is 0. The van der Waals surface area contributed by atoms with Crippen LogP contribution in [0.25, 0.3) is 0 Å². The first-order chi connectivity index (χ1) is 20.1. The van der Waals surface area contributed by atoms with E-state index >= 15 is 0 Å². The molecule has 45 heavy (non-hydrogen) atoms. The summed E-state index contributed by atoms with van der Waals surface area (Å²) in [7, 11) is 0. The van der Waals surface area contributed by atoms with Crippen molar-refractivity contribution in [2.24, 2.45) is 17.8 Å². The number of hydrogen-bond acceptors (Lipinski definition) is 3. The Balaban J connectivity index is 0.000000597. The second-order valence-corrected chi connectivity index (χ2v) is 15.2. The molecule has 0 aromatic carbocycles. The fourth-order valence-electron chi connectivity index (χ4n) is 6.13. The fraction of sp³-hybridized carbons (Fsp3) is 0.725. The van der Waals surface area contributed by atoms with E-state index in [1.54, 1.807) is 11.1 Å². The zero-order valence-corrected chi connectivity index (χ0v) is 33.0. The van der Waals surface area contributed by atoms with Crippen LogP contribution in [0.3, 0.4) is 0 Å². The van der Waals surface area contributed by atoms with Gasteiger partial charge in [0, 0.05) is 0 Å². The van der Waals surface area contributed by atoms with Gasteiger partial charge in [0.2, 0.25) is 0 Å². The van der Waals surface area contributed by atoms with E-state index in [2.05, 4.69) is 79.7 Å². The van der Waals surface area contributed by atoms with Crippen LogP contribution in [0, 0.1) is 24.7 Å². The van der Waals surface area contributed by atoms with Crippen LogP contribution < -0.4 is 12.4 Å². The van der Waals surface area contributed by atoms with Gasteiger partial charge >= 0.3 is 23.1 Å². The zero-order valence-electron chi connectivity index (χ0n) is 30.9. The molecule has 3 aliphatic carbocycles. The quantitative estimate of drug-likeness (QED) is 0.138. The average Bonchev–Trinajstić information content (AvgIpc) is 3.89. The van der Waals surface area contributed by atoms with Gasteiger partial charge in [-0.3, -0.25) is 0 Å². The zero-order chi connectivity index (χ0) is 32.3. The molecule has 2 fully saturated rings. The summed E-state index contributed by atoms with van der Waals surface area (Å²) in [6, 6.07) is 0. The maximum atomic E-state index is 10.5. The van der Waals surface area contributed by atoms with E-state index in [9.17, 15) is 5.11 Å². The Bertz CT molecular complexity index is 974.